The average Bonchev–Trinajstić information content (AvgIpc) is 2.53. The number of unbranched alkanes of at least 4 members (excludes halogenated alkanes) is 2. The van der Waals surface area contributed by atoms with E-state index in [0.29, 0.717) is 11.8 Å². The molecule has 129 valence electrons. The second kappa shape index (κ2) is 13.1. The summed E-state index contributed by atoms with van der Waals surface area (Å²) < 4.78 is 13.4. The Morgan fingerprint density at radius 3 is 1.68 bits per heavy atom. The quantitative estimate of drug-likeness (QED) is 0.273. The lowest BCUT2D eigenvalue weighted by Gasteiger charge is -2.25. The zero-order valence-electron chi connectivity index (χ0n) is 15.1. The summed E-state index contributed by atoms with van der Waals surface area (Å²) in [5.41, 5.74) is 0. The van der Waals surface area contributed by atoms with E-state index in [4.69, 9.17) is 0 Å². The van der Waals surface area contributed by atoms with Gasteiger partial charge in [0.05, 0.1) is 0 Å². The Balaban J connectivity index is 4.91. The topological polar surface area (TPSA) is 34.1 Å². The van der Waals surface area contributed by atoms with Crippen molar-refractivity contribution in [2.24, 2.45) is 11.8 Å². The zero-order chi connectivity index (χ0) is 16.8. The molecule has 2 nitrogen and oxygen atoms in total. The molecule has 0 fully saturated rings. The summed E-state index contributed by atoms with van der Waals surface area (Å²) in [6, 6.07) is 0. The third-order valence-corrected chi connectivity index (χ3v) is 7.60. The first-order valence-corrected chi connectivity index (χ1v) is 11.3. The van der Waals surface area contributed by atoms with E-state index in [9.17, 15) is 9.36 Å². The van der Waals surface area contributed by atoms with Crippen molar-refractivity contribution in [3.8, 4) is 0 Å². The third kappa shape index (κ3) is 9.62. The van der Waals surface area contributed by atoms with Crippen LogP contribution >= 0.6 is 7.14 Å². The van der Waals surface area contributed by atoms with Gasteiger partial charge in [0.15, 0.2) is 0 Å². The van der Waals surface area contributed by atoms with E-state index in [1.807, 2.05) is 0 Å². The van der Waals surface area contributed by atoms with Crippen LogP contribution in [0, 0.1) is 11.8 Å². The molecule has 0 saturated heterocycles. The summed E-state index contributed by atoms with van der Waals surface area (Å²) in [5.74, 6) is 2.74. The fourth-order valence-corrected chi connectivity index (χ4v) is 6.43. The summed E-state index contributed by atoms with van der Waals surface area (Å²) in [6.45, 7) is 8.78. The highest BCUT2D eigenvalue weighted by Crippen LogP contribution is 2.52. The SMILES string of the molecule is CCCCC(CC)CP(=O)(C=C[C]=O)CC(CC)CCCC. The minimum atomic E-state index is -2.40. The van der Waals surface area contributed by atoms with Crippen molar-refractivity contribution in [2.45, 2.75) is 79.1 Å². The van der Waals surface area contributed by atoms with E-state index in [-0.39, 0.29) is 0 Å². The maximum absolute atomic E-state index is 13.4. The number of carbonyl (C=O) groups excluding carboxylic acids is 1. The monoisotopic (exact) mass is 327 g/mol. The molecule has 0 rings (SSSR count). The van der Waals surface area contributed by atoms with Crippen LogP contribution in [0.15, 0.2) is 11.9 Å². The largest absolute Gasteiger partial charge is 0.319 e. The molecule has 2 atom stereocenters. The van der Waals surface area contributed by atoms with Crippen LogP contribution in [0.3, 0.4) is 0 Å². The summed E-state index contributed by atoms with van der Waals surface area (Å²) in [6.07, 6.45) is 13.9. The van der Waals surface area contributed by atoms with Crippen molar-refractivity contribution < 1.29 is 9.36 Å². The van der Waals surface area contributed by atoms with Crippen molar-refractivity contribution in [3.05, 3.63) is 11.9 Å². The van der Waals surface area contributed by atoms with E-state index >= 15 is 0 Å². The van der Waals surface area contributed by atoms with Gasteiger partial charge in [-0.3, -0.25) is 4.79 Å². The second-order valence-corrected chi connectivity index (χ2v) is 9.52. The fourth-order valence-electron chi connectivity index (χ4n) is 3.07. The minimum Gasteiger partial charge on any atom is -0.319 e. The van der Waals surface area contributed by atoms with Crippen molar-refractivity contribution in [1.29, 1.82) is 0 Å². The second-order valence-electron chi connectivity index (χ2n) is 6.58. The van der Waals surface area contributed by atoms with Gasteiger partial charge in [0.25, 0.3) is 0 Å². The smallest absolute Gasteiger partial charge is 0.225 e. The van der Waals surface area contributed by atoms with Gasteiger partial charge in [0.2, 0.25) is 6.29 Å². The van der Waals surface area contributed by atoms with Gasteiger partial charge in [0, 0.05) is 12.3 Å². The molecule has 0 saturated carbocycles. The molecule has 3 heteroatoms. The predicted octanol–water partition coefficient (Wildman–Crippen LogP) is 6.41. The van der Waals surface area contributed by atoms with E-state index in [1.54, 1.807) is 12.1 Å². The molecule has 0 aliphatic carbocycles. The van der Waals surface area contributed by atoms with Crippen LogP contribution in [0.2, 0.25) is 0 Å². The number of hydrogen-bond acceptors (Lipinski definition) is 2. The standard InChI is InChI=1S/C19H36O2P/c1-5-9-12-18(7-3)16-22(21,15-11-14-20)17-19(8-4)13-10-6-2/h11,15,18-19H,5-10,12-13,16-17H2,1-4H3. The minimum absolute atomic E-state index is 0.519. The Bertz CT molecular complexity index is 327. The van der Waals surface area contributed by atoms with Gasteiger partial charge in [-0.25, -0.2) is 0 Å². The highest BCUT2D eigenvalue weighted by molar-refractivity contribution is 7.67. The maximum atomic E-state index is 13.4. The molecule has 0 heterocycles. The van der Waals surface area contributed by atoms with E-state index in [2.05, 4.69) is 27.7 Å². The number of allylic oxidation sites excluding steroid dienone is 1. The molecule has 0 aromatic rings. The molecule has 22 heavy (non-hydrogen) atoms. The summed E-state index contributed by atoms with van der Waals surface area (Å²) in [4.78, 5) is 10.6. The van der Waals surface area contributed by atoms with Gasteiger partial charge in [-0.2, -0.15) is 0 Å². The van der Waals surface area contributed by atoms with Crippen LogP contribution in [0.1, 0.15) is 79.1 Å². The molecule has 0 aromatic carbocycles. The molecule has 0 N–H and O–H groups in total. The lowest BCUT2D eigenvalue weighted by atomic mass is 10.0. The van der Waals surface area contributed by atoms with Crippen LogP contribution in [0.4, 0.5) is 0 Å². The molecule has 0 amide bonds. The molecular formula is C19H36O2P. The summed E-state index contributed by atoms with van der Waals surface area (Å²) >= 11 is 0. The maximum Gasteiger partial charge on any atom is 0.225 e. The lowest BCUT2D eigenvalue weighted by Crippen LogP contribution is -2.12. The lowest BCUT2D eigenvalue weighted by molar-refractivity contribution is 0.466. The molecule has 0 aliphatic rings. The van der Waals surface area contributed by atoms with Crippen LogP contribution < -0.4 is 0 Å². The first-order chi connectivity index (χ1) is 10.5. The van der Waals surface area contributed by atoms with Gasteiger partial charge in [-0.05, 0) is 23.7 Å². The van der Waals surface area contributed by atoms with Crippen molar-refractivity contribution >= 4 is 13.4 Å². The fraction of sp³-hybridized carbons (Fsp3) is 0.842. The van der Waals surface area contributed by atoms with Gasteiger partial charge in [-0.1, -0.05) is 79.1 Å². The predicted molar refractivity (Wildman–Crippen MR) is 98.8 cm³/mol. The Morgan fingerprint density at radius 1 is 0.909 bits per heavy atom. The van der Waals surface area contributed by atoms with E-state index < -0.39 is 7.14 Å². The van der Waals surface area contributed by atoms with Crippen molar-refractivity contribution in [1.82, 2.24) is 0 Å². The van der Waals surface area contributed by atoms with Gasteiger partial charge in [-0.15, -0.1) is 0 Å². The molecule has 0 aromatic heterocycles. The van der Waals surface area contributed by atoms with E-state index in [0.717, 1.165) is 38.0 Å². The van der Waals surface area contributed by atoms with Gasteiger partial charge in [0.1, 0.15) is 7.14 Å². The first kappa shape index (κ1) is 21.6. The Hall–Kier alpha value is -0.360. The molecular weight excluding hydrogens is 291 g/mol. The Kier molecular flexibility index (Phi) is 12.9. The summed E-state index contributed by atoms with van der Waals surface area (Å²) in [5, 5.41) is 0. The molecule has 2 unspecified atom stereocenters. The average molecular weight is 327 g/mol. The highest BCUT2D eigenvalue weighted by Gasteiger charge is 2.26. The van der Waals surface area contributed by atoms with Crippen LogP contribution in [0.5, 0.6) is 0 Å². The molecule has 0 spiro atoms. The van der Waals surface area contributed by atoms with Crippen molar-refractivity contribution in [2.75, 3.05) is 12.3 Å². The van der Waals surface area contributed by atoms with Crippen LogP contribution in [-0.4, -0.2) is 18.6 Å². The van der Waals surface area contributed by atoms with Gasteiger partial charge >= 0.3 is 0 Å². The molecule has 0 aliphatic heterocycles. The van der Waals surface area contributed by atoms with Crippen LogP contribution in [-0.2, 0) is 9.36 Å². The third-order valence-electron chi connectivity index (χ3n) is 4.64. The van der Waals surface area contributed by atoms with Gasteiger partial charge < -0.3 is 4.57 Å². The van der Waals surface area contributed by atoms with E-state index in [1.165, 1.54) is 31.8 Å². The zero-order valence-corrected chi connectivity index (χ0v) is 16.0. The van der Waals surface area contributed by atoms with Crippen LogP contribution in [0.25, 0.3) is 0 Å². The number of rotatable bonds is 14. The Morgan fingerprint density at radius 2 is 1.36 bits per heavy atom. The highest BCUT2D eigenvalue weighted by atomic mass is 31.2. The summed E-state index contributed by atoms with van der Waals surface area (Å²) in [7, 11) is -2.40. The first-order valence-electron chi connectivity index (χ1n) is 9.18. The van der Waals surface area contributed by atoms with Crippen molar-refractivity contribution in [3.63, 3.8) is 0 Å². The number of hydrogen-bond donors (Lipinski definition) is 0. The Labute approximate surface area is 138 Å². The molecule has 1 radical (unpaired) electrons. The molecule has 0 bridgehead atoms. The normalized spacial score (nSPS) is 17.3.